The molecule has 7 N–H and O–H groups in total. The van der Waals surface area contributed by atoms with Gasteiger partial charge in [-0.25, -0.2) is 0 Å². The molecule has 0 saturated heterocycles. The smallest absolute Gasteiger partial charge is 0.240 e. The zero-order valence-corrected chi connectivity index (χ0v) is 14.3. The Balaban J connectivity index is 2.64. The number of hydrogen-bond acceptors (Lipinski definition) is 5. The van der Waals surface area contributed by atoms with Crippen LogP contribution in [0.4, 0.5) is 0 Å². The Labute approximate surface area is 138 Å². The normalized spacial score (nSPS) is 24.2. The van der Waals surface area contributed by atoms with Gasteiger partial charge in [-0.3, -0.25) is 9.59 Å². The number of amides is 2. The van der Waals surface area contributed by atoms with Gasteiger partial charge in [0.05, 0.1) is 6.04 Å². The fourth-order valence-corrected chi connectivity index (χ4v) is 2.98. The van der Waals surface area contributed by atoms with E-state index in [1.54, 1.807) is 0 Å². The van der Waals surface area contributed by atoms with Gasteiger partial charge < -0.3 is 27.2 Å². The van der Waals surface area contributed by atoms with E-state index in [1.165, 1.54) is 0 Å². The quantitative estimate of drug-likeness (QED) is 0.393. The third-order valence-corrected chi connectivity index (χ3v) is 4.31. The van der Waals surface area contributed by atoms with Crippen molar-refractivity contribution >= 4 is 11.8 Å². The summed E-state index contributed by atoms with van der Waals surface area (Å²) in [4.78, 5) is 23.9. The van der Waals surface area contributed by atoms with E-state index in [0.717, 1.165) is 25.7 Å². The Morgan fingerprint density at radius 1 is 1.17 bits per heavy atom. The van der Waals surface area contributed by atoms with Crippen molar-refractivity contribution in [1.29, 1.82) is 0 Å². The van der Waals surface area contributed by atoms with E-state index in [9.17, 15) is 9.59 Å². The molecule has 0 bridgehead atoms. The summed E-state index contributed by atoms with van der Waals surface area (Å²) in [6.45, 7) is 3.91. The van der Waals surface area contributed by atoms with Crippen molar-refractivity contribution in [2.45, 2.75) is 76.5 Å². The zero-order chi connectivity index (χ0) is 17.4. The number of nitrogens with one attached hydrogen (secondary N) is 2. The summed E-state index contributed by atoms with van der Waals surface area (Å²) in [6, 6.07) is -0.665. The van der Waals surface area contributed by atoms with Gasteiger partial charge in [0.1, 0.15) is 6.04 Å². The first kappa shape index (κ1) is 19.9. The van der Waals surface area contributed by atoms with Gasteiger partial charge in [0.25, 0.3) is 0 Å². The molecule has 134 valence electrons. The van der Waals surface area contributed by atoms with Crippen molar-refractivity contribution in [3.8, 4) is 0 Å². The fourth-order valence-electron chi connectivity index (χ4n) is 2.98. The van der Waals surface area contributed by atoms with E-state index in [1.807, 2.05) is 0 Å². The van der Waals surface area contributed by atoms with E-state index in [0.29, 0.717) is 12.3 Å². The molecule has 0 aromatic heterocycles. The number of rotatable bonds is 9. The Hall–Kier alpha value is -1.18. The van der Waals surface area contributed by atoms with Crippen LogP contribution in [-0.2, 0) is 9.59 Å². The van der Waals surface area contributed by atoms with Crippen LogP contribution in [0.3, 0.4) is 0 Å². The maximum atomic E-state index is 12.5. The van der Waals surface area contributed by atoms with Gasteiger partial charge in [-0.1, -0.05) is 13.8 Å². The zero-order valence-electron chi connectivity index (χ0n) is 14.3. The number of nitrogens with two attached hydrogens (primary N) is 2. The van der Waals surface area contributed by atoms with E-state index in [2.05, 4.69) is 24.5 Å². The van der Waals surface area contributed by atoms with Crippen LogP contribution in [0.1, 0.15) is 52.4 Å². The molecule has 0 radical (unpaired) electrons. The average Bonchev–Trinajstić information content (AvgIpc) is 2.47. The van der Waals surface area contributed by atoms with Crippen molar-refractivity contribution in [3.63, 3.8) is 0 Å². The van der Waals surface area contributed by atoms with E-state index >= 15 is 0 Å². The highest BCUT2D eigenvalue weighted by Crippen LogP contribution is 2.18. The molecule has 0 unspecified atom stereocenters. The van der Waals surface area contributed by atoms with Gasteiger partial charge >= 0.3 is 0 Å². The molecular formula is C16H32N4O3. The van der Waals surface area contributed by atoms with Crippen LogP contribution in [0.2, 0.25) is 0 Å². The Kier molecular flexibility index (Phi) is 8.51. The molecule has 23 heavy (non-hydrogen) atoms. The third kappa shape index (κ3) is 7.28. The summed E-state index contributed by atoms with van der Waals surface area (Å²) in [6.07, 6.45) is 4.65. The molecule has 0 spiro atoms. The molecule has 2 amide bonds. The highest BCUT2D eigenvalue weighted by Gasteiger charge is 2.28. The van der Waals surface area contributed by atoms with Gasteiger partial charge in [-0.05, 0) is 44.4 Å². The lowest BCUT2D eigenvalue weighted by Gasteiger charge is -2.31. The first-order valence-electron chi connectivity index (χ1n) is 8.55. The largest absolute Gasteiger partial charge is 0.396 e. The molecular weight excluding hydrogens is 296 g/mol. The second-order valence-corrected chi connectivity index (χ2v) is 6.94. The fraction of sp³-hybridized carbons (Fsp3) is 0.875. The first-order chi connectivity index (χ1) is 10.8. The van der Waals surface area contributed by atoms with Crippen molar-refractivity contribution < 1.29 is 14.7 Å². The lowest BCUT2D eigenvalue weighted by Crippen LogP contribution is -2.55. The van der Waals surface area contributed by atoms with Gasteiger partial charge in [0, 0.05) is 18.7 Å². The van der Waals surface area contributed by atoms with Gasteiger partial charge in [0.2, 0.25) is 11.8 Å². The van der Waals surface area contributed by atoms with Crippen LogP contribution in [0.5, 0.6) is 0 Å². The molecule has 0 aromatic carbocycles. The predicted octanol–water partition coefficient (Wildman–Crippen LogP) is -0.387. The number of carbonyl (C=O) groups is 2. The van der Waals surface area contributed by atoms with E-state index in [4.69, 9.17) is 16.6 Å². The minimum absolute atomic E-state index is 0.133. The molecule has 0 aromatic rings. The predicted molar refractivity (Wildman–Crippen MR) is 89.4 cm³/mol. The van der Waals surface area contributed by atoms with Crippen LogP contribution in [0.15, 0.2) is 0 Å². The molecule has 2 atom stereocenters. The third-order valence-electron chi connectivity index (χ3n) is 4.31. The minimum Gasteiger partial charge on any atom is -0.396 e. The molecule has 7 nitrogen and oxygen atoms in total. The lowest BCUT2D eigenvalue weighted by atomic mass is 9.90. The minimum atomic E-state index is -0.830. The summed E-state index contributed by atoms with van der Waals surface area (Å²) in [7, 11) is 0. The summed E-state index contributed by atoms with van der Waals surface area (Å²) in [5.74, 6) is -0.515. The number of carbonyl (C=O) groups excluding carboxylic acids is 2. The van der Waals surface area contributed by atoms with Crippen LogP contribution in [0.25, 0.3) is 0 Å². The van der Waals surface area contributed by atoms with Crippen LogP contribution in [0, 0.1) is 5.92 Å². The van der Waals surface area contributed by atoms with Crippen molar-refractivity contribution in [2.24, 2.45) is 17.4 Å². The summed E-state index contributed by atoms with van der Waals surface area (Å²) in [5, 5.41) is 15.1. The Morgan fingerprint density at radius 3 is 2.26 bits per heavy atom. The number of hydrogen-bond donors (Lipinski definition) is 5. The standard InChI is InChI=1S/C16H32N4O3/c1-10(2)9-14(19-12-5-3-11(17)4-6-12)16(23)20-13(7-8-21)15(18)22/h10-14,19,21H,3-9,17H2,1-2H3,(H2,18,22)(H,20,23)/t11?,12?,13-,14-/m0/s1. The highest BCUT2D eigenvalue weighted by atomic mass is 16.3. The van der Waals surface area contributed by atoms with E-state index in [-0.39, 0.29) is 37.1 Å². The average molecular weight is 328 g/mol. The molecule has 1 aliphatic carbocycles. The Bertz CT molecular complexity index is 382. The van der Waals surface area contributed by atoms with Crippen LogP contribution in [-0.4, -0.2) is 47.7 Å². The van der Waals surface area contributed by atoms with Crippen molar-refractivity contribution in [3.05, 3.63) is 0 Å². The molecule has 1 fully saturated rings. The molecule has 0 heterocycles. The second kappa shape index (κ2) is 9.85. The monoisotopic (exact) mass is 328 g/mol. The summed E-state index contributed by atoms with van der Waals surface area (Å²) in [5.41, 5.74) is 11.2. The van der Waals surface area contributed by atoms with Gasteiger partial charge in [-0.2, -0.15) is 0 Å². The SMILES string of the molecule is CC(C)C[C@H](NC1CCC(N)CC1)C(=O)N[C@@H](CCO)C(N)=O. The van der Waals surface area contributed by atoms with Crippen molar-refractivity contribution in [1.82, 2.24) is 10.6 Å². The second-order valence-electron chi connectivity index (χ2n) is 6.94. The van der Waals surface area contributed by atoms with Crippen molar-refractivity contribution in [2.75, 3.05) is 6.61 Å². The van der Waals surface area contributed by atoms with Gasteiger partial charge in [-0.15, -0.1) is 0 Å². The summed E-state index contributed by atoms with van der Waals surface area (Å²) < 4.78 is 0. The molecule has 7 heteroatoms. The summed E-state index contributed by atoms with van der Waals surface area (Å²) >= 11 is 0. The van der Waals surface area contributed by atoms with E-state index < -0.39 is 11.9 Å². The molecule has 1 rings (SSSR count). The maximum absolute atomic E-state index is 12.5. The van der Waals surface area contributed by atoms with Crippen LogP contribution < -0.4 is 22.1 Å². The molecule has 0 aliphatic heterocycles. The highest BCUT2D eigenvalue weighted by molar-refractivity contribution is 5.89. The maximum Gasteiger partial charge on any atom is 0.240 e. The first-order valence-corrected chi connectivity index (χ1v) is 8.55. The Morgan fingerprint density at radius 2 is 1.78 bits per heavy atom. The molecule has 1 aliphatic rings. The number of primary amides is 1. The van der Waals surface area contributed by atoms with Gasteiger partial charge in [0.15, 0.2) is 0 Å². The lowest BCUT2D eigenvalue weighted by molar-refractivity contribution is -0.129. The number of aliphatic hydroxyl groups excluding tert-OH is 1. The topological polar surface area (TPSA) is 130 Å². The number of aliphatic hydroxyl groups is 1. The molecule has 1 saturated carbocycles. The van der Waals surface area contributed by atoms with Crippen LogP contribution >= 0.6 is 0 Å².